The molecule has 152 valence electrons. The lowest BCUT2D eigenvalue weighted by molar-refractivity contribution is -0.126. The Morgan fingerprint density at radius 3 is 2.56 bits per heavy atom. The number of carbonyl (C=O) groups excluding carboxylic acids is 1. The molecule has 0 spiro atoms. The van der Waals surface area contributed by atoms with Crippen LogP contribution in [0.4, 0.5) is 0 Å². The van der Waals surface area contributed by atoms with Gasteiger partial charge < -0.3 is 5.32 Å². The molecule has 1 aromatic rings. The average Bonchev–Trinajstić information content (AvgIpc) is 2.64. The van der Waals surface area contributed by atoms with Crippen molar-refractivity contribution in [3.63, 3.8) is 0 Å². The van der Waals surface area contributed by atoms with Crippen molar-refractivity contribution in [3.05, 3.63) is 34.3 Å². The van der Waals surface area contributed by atoms with Gasteiger partial charge in [-0.15, -0.1) is 0 Å². The van der Waals surface area contributed by atoms with Crippen molar-refractivity contribution in [1.29, 1.82) is 0 Å². The molecule has 2 rings (SSSR count). The fourth-order valence-electron chi connectivity index (χ4n) is 3.32. The van der Waals surface area contributed by atoms with Crippen LogP contribution in [0.3, 0.4) is 0 Å². The predicted molar refractivity (Wildman–Crippen MR) is 113 cm³/mol. The Bertz CT molecular complexity index is 741. The first-order valence-corrected chi connectivity index (χ1v) is 12.1. The van der Waals surface area contributed by atoms with Gasteiger partial charge in [0, 0.05) is 35.4 Å². The van der Waals surface area contributed by atoms with Crippen LogP contribution in [0.2, 0.25) is 0 Å². The number of hydrogen-bond acceptors (Lipinski definition) is 3. The highest BCUT2D eigenvalue weighted by atomic mass is 79.9. The van der Waals surface area contributed by atoms with Crippen molar-refractivity contribution in [2.45, 2.75) is 51.9 Å². The monoisotopic (exact) mass is 458 g/mol. The zero-order chi connectivity index (χ0) is 20.1. The van der Waals surface area contributed by atoms with Gasteiger partial charge in [0.05, 0.1) is 5.75 Å². The van der Waals surface area contributed by atoms with Crippen molar-refractivity contribution >= 4 is 31.9 Å². The largest absolute Gasteiger partial charge is 0.355 e. The average molecular weight is 459 g/mol. The van der Waals surface area contributed by atoms with E-state index in [1.165, 1.54) is 0 Å². The Labute approximate surface area is 172 Å². The fourth-order valence-corrected chi connectivity index (χ4v) is 5.39. The highest BCUT2D eigenvalue weighted by Gasteiger charge is 2.31. The van der Waals surface area contributed by atoms with Gasteiger partial charge in [0.15, 0.2) is 0 Å². The summed E-state index contributed by atoms with van der Waals surface area (Å²) in [4.78, 5) is 12.6. The lowest BCUT2D eigenvalue weighted by Gasteiger charge is -2.32. The number of hydrogen-bond donors (Lipinski definition) is 1. The van der Waals surface area contributed by atoms with E-state index in [1.807, 2.05) is 19.1 Å². The summed E-state index contributed by atoms with van der Waals surface area (Å²) in [6.07, 6.45) is 2.74. The fraction of sp³-hybridized carbons (Fsp3) is 0.650. The van der Waals surface area contributed by atoms with Crippen LogP contribution < -0.4 is 5.32 Å². The van der Waals surface area contributed by atoms with Gasteiger partial charge in [0.25, 0.3) is 0 Å². The van der Waals surface area contributed by atoms with E-state index >= 15 is 0 Å². The van der Waals surface area contributed by atoms with Crippen LogP contribution in [0.15, 0.2) is 28.7 Å². The molecule has 1 heterocycles. The number of sulfonamides is 1. The summed E-state index contributed by atoms with van der Waals surface area (Å²) < 4.78 is 27.1. The minimum atomic E-state index is -3.17. The van der Waals surface area contributed by atoms with Crippen LogP contribution in [-0.4, -0.2) is 44.0 Å². The number of unbranched alkanes of at least 4 members (excludes halogenated alkanes) is 1. The van der Waals surface area contributed by atoms with Gasteiger partial charge in [0.1, 0.15) is 0 Å². The zero-order valence-electron chi connectivity index (χ0n) is 16.5. The molecule has 0 aromatic heterocycles. The highest BCUT2D eigenvalue weighted by Crippen LogP contribution is 2.26. The van der Waals surface area contributed by atoms with Crippen molar-refractivity contribution < 1.29 is 13.2 Å². The van der Waals surface area contributed by atoms with E-state index in [0.29, 0.717) is 38.9 Å². The molecule has 1 aliphatic heterocycles. The van der Waals surface area contributed by atoms with Crippen LogP contribution in [0.25, 0.3) is 0 Å². The molecule has 1 aliphatic rings. The SMILES string of the molecule is CCCCS(=O)(=O)N1CCC(C(=O)NCC(C)(C)c2cccc(Br)c2)CC1. The Morgan fingerprint density at radius 2 is 1.96 bits per heavy atom. The molecule has 7 heteroatoms. The molecule has 5 nitrogen and oxygen atoms in total. The highest BCUT2D eigenvalue weighted by molar-refractivity contribution is 9.10. The summed E-state index contributed by atoms with van der Waals surface area (Å²) in [5.41, 5.74) is 0.984. The number of carbonyl (C=O) groups is 1. The number of benzene rings is 1. The summed E-state index contributed by atoms with van der Waals surface area (Å²) in [7, 11) is -3.17. The quantitative estimate of drug-likeness (QED) is 0.645. The van der Waals surface area contributed by atoms with E-state index in [4.69, 9.17) is 0 Å². The molecular weight excluding hydrogens is 428 g/mol. The number of rotatable bonds is 8. The van der Waals surface area contributed by atoms with Gasteiger partial charge in [-0.2, -0.15) is 0 Å². The maximum Gasteiger partial charge on any atom is 0.223 e. The molecule has 1 amide bonds. The van der Waals surface area contributed by atoms with E-state index in [9.17, 15) is 13.2 Å². The minimum Gasteiger partial charge on any atom is -0.355 e. The van der Waals surface area contributed by atoms with Gasteiger partial charge >= 0.3 is 0 Å². The zero-order valence-corrected chi connectivity index (χ0v) is 18.9. The van der Waals surface area contributed by atoms with Crippen LogP contribution in [-0.2, 0) is 20.2 Å². The third kappa shape index (κ3) is 6.29. The Hall–Kier alpha value is -0.920. The van der Waals surface area contributed by atoms with Crippen molar-refractivity contribution in [2.75, 3.05) is 25.4 Å². The van der Waals surface area contributed by atoms with E-state index in [0.717, 1.165) is 16.5 Å². The van der Waals surface area contributed by atoms with E-state index < -0.39 is 10.0 Å². The second-order valence-corrected chi connectivity index (χ2v) is 11.0. The first kappa shape index (κ1) is 22.4. The summed E-state index contributed by atoms with van der Waals surface area (Å²) in [5, 5.41) is 3.08. The molecule has 0 radical (unpaired) electrons. The van der Waals surface area contributed by atoms with Gasteiger partial charge in [-0.25, -0.2) is 12.7 Å². The lowest BCUT2D eigenvalue weighted by Crippen LogP contribution is -2.45. The molecule has 0 unspecified atom stereocenters. The predicted octanol–water partition coefficient (Wildman–Crippen LogP) is 3.68. The van der Waals surface area contributed by atoms with Crippen LogP contribution in [0, 0.1) is 5.92 Å². The first-order valence-electron chi connectivity index (χ1n) is 9.67. The molecule has 0 atom stereocenters. The summed E-state index contributed by atoms with van der Waals surface area (Å²) in [6, 6.07) is 8.13. The van der Waals surface area contributed by atoms with Gasteiger partial charge in [-0.3, -0.25) is 4.79 Å². The van der Waals surface area contributed by atoms with Crippen LogP contribution >= 0.6 is 15.9 Å². The van der Waals surface area contributed by atoms with Crippen molar-refractivity contribution in [3.8, 4) is 0 Å². The Morgan fingerprint density at radius 1 is 1.30 bits per heavy atom. The number of nitrogens with one attached hydrogen (secondary N) is 1. The number of amides is 1. The molecule has 0 bridgehead atoms. The third-order valence-corrected chi connectivity index (χ3v) is 7.73. The molecule has 27 heavy (non-hydrogen) atoms. The van der Waals surface area contributed by atoms with Crippen molar-refractivity contribution in [1.82, 2.24) is 9.62 Å². The first-order chi connectivity index (χ1) is 12.7. The molecule has 0 saturated carbocycles. The Balaban J connectivity index is 1.86. The molecule has 1 fully saturated rings. The number of nitrogens with zero attached hydrogens (tertiary/aromatic N) is 1. The summed E-state index contributed by atoms with van der Waals surface area (Å²) in [5.74, 6) is 0.130. The molecular formula is C20H31BrN2O3S. The van der Waals surface area contributed by atoms with Gasteiger partial charge in [0.2, 0.25) is 15.9 Å². The third-order valence-electron chi connectivity index (χ3n) is 5.28. The van der Waals surface area contributed by atoms with E-state index in [-0.39, 0.29) is 23.0 Å². The molecule has 1 aromatic carbocycles. The molecule has 0 aliphatic carbocycles. The number of piperidine rings is 1. The lowest BCUT2D eigenvalue weighted by atomic mass is 9.84. The second kappa shape index (κ2) is 9.52. The summed E-state index contributed by atoms with van der Waals surface area (Å²) in [6.45, 7) is 7.65. The van der Waals surface area contributed by atoms with Crippen molar-refractivity contribution in [2.24, 2.45) is 5.92 Å². The summed E-state index contributed by atoms with van der Waals surface area (Å²) >= 11 is 3.49. The second-order valence-electron chi connectivity index (χ2n) is 7.95. The van der Waals surface area contributed by atoms with Gasteiger partial charge in [-0.05, 0) is 37.0 Å². The van der Waals surface area contributed by atoms with Crippen LogP contribution in [0.5, 0.6) is 0 Å². The minimum absolute atomic E-state index is 0.0312. The van der Waals surface area contributed by atoms with E-state index in [1.54, 1.807) is 4.31 Å². The van der Waals surface area contributed by atoms with E-state index in [2.05, 4.69) is 47.2 Å². The van der Waals surface area contributed by atoms with Crippen LogP contribution in [0.1, 0.15) is 52.0 Å². The smallest absolute Gasteiger partial charge is 0.223 e. The number of halogens is 1. The molecule has 1 N–H and O–H groups in total. The maximum atomic E-state index is 12.6. The topological polar surface area (TPSA) is 66.5 Å². The maximum absolute atomic E-state index is 12.6. The Kier molecular flexibility index (Phi) is 7.89. The van der Waals surface area contributed by atoms with Gasteiger partial charge in [-0.1, -0.05) is 55.3 Å². The normalized spacial score (nSPS) is 17.0. The molecule has 1 saturated heterocycles. The standard InChI is InChI=1S/C20H31BrN2O3S/c1-4-5-13-27(25,26)23-11-9-16(10-12-23)19(24)22-15-20(2,3)17-7-6-8-18(21)14-17/h6-8,14,16H,4-5,9-13,15H2,1-3H3,(H,22,24).